The van der Waals surface area contributed by atoms with E-state index in [1.165, 1.54) is 13.8 Å². The Morgan fingerprint density at radius 3 is 2.10 bits per heavy atom. The Labute approximate surface area is 82.7 Å². The van der Waals surface area contributed by atoms with E-state index in [4.69, 9.17) is 5.11 Å². The van der Waals surface area contributed by atoms with E-state index in [1.807, 2.05) is 0 Å². The first-order valence-electron chi connectivity index (χ1n) is 2.83. The average molecular weight is 154 g/mol. The summed E-state index contributed by atoms with van der Waals surface area (Å²) in [6.07, 6.45) is 0.245. The molecule has 0 aliphatic heterocycles. The molecular weight excluding hydrogens is 143 g/mol. The molecular formula is C6H11NaO3. The van der Waals surface area contributed by atoms with Gasteiger partial charge in [-0.1, -0.05) is 13.8 Å². The summed E-state index contributed by atoms with van der Waals surface area (Å²) < 4.78 is 0. The van der Waals surface area contributed by atoms with Crippen LogP contribution in [0.15, 0.2) is 0 Å². The van der Waals surface area contributed by atoms with Crippen LogP contribution >= 0.6 is 0 Å². The van der Waals surface area contributed by atoms with Crippen molar-refractivity contribution in [3.05, 3.63) is 0 Å². The van der Waals surface area contributed by atoms with Gasteiger partial charge in [0.05, 0.1) is 0 Å². The fraction of sp³-hybridized carbons (Fsp3) is 0.833. The van der Waals surface area contributed by atoms with Gasteiger partial charge in [0.1, 0.15) is 0 Å². The monoisotopic (exact) mass is 154 g/mol. The Bertz CT molecular complexity index is 112. The first-order valence-corrected chi connectivity index (χ1v) is 2.83. The van der Waals surface area contributed by atoms with Crippen molar-refractivity contribution >= 4 is 5.97 Å². The van der Waals surface area contributed by atoms with Crippen molar-refractivity contribution in [1.29, 1.82) is 0 Å². The Morgan fingerprint density at radius 2 is 2.00 bits per heavy atom. The van der Waals surface area contributed by atoms with Gasteiger partial charge >= 0.3 is 29.6 Å². The molecule has 1 N–H and O–H groups in total. The molecule has 0 rings (SSSR count). The molecule has 10 heavy (non-hydrogen) atoms. The van der Waals surface area contributed by atoms with Gasteiger partial charge in [0.25, 0.3) is 0 Å². The zero-order valence-electron chi connectivity index (χ0n) is 6.68. The Kier molecular flexibility index (Phi) is 6.69. The van der Waals surface area contributed by atoms with Gasteiger partial charge in [0.2, 0.25) is 0 Å². The third kappa shape index (κ3) is 4.28. The van der Waals surface area contributed by atoms with Crippen LogP contribution < -0.4 is 34.7 Å². The van der Waals surface area contributed by atoms with Crippen molar-refractivity contribution in [3.63, 3.8) is 0 Å². The summed E-state index contributed by atoms with van der Waals surface area (Å²) in [6, 6.07) is 0. The summed E-state index contributed by atoms with van der Waals surface area (Å²) in [5, 5.41) is 18.5. The Balaban J connectivity index is 0. The molecule has 54 valence electrons. The zero-order valence-corrected chi connectivity index (χ0v) is 8.68. The SMILES string of the molecule is CC(C)(CCO)C(=O)[O-].[Na+]. The molecule has 0 spiro atoms. The molecule has 0 heterocycles. The standard InChI is InChI=1S/C6H12O3.Na/c1-6(2,3-4-7)5(8)9;/h7H,3-4H2,1-2H3,(H,8,9);/q;+1/p-1. The first-order chi connectivity index (χ1) is 4.00. The van der Waals surface area contributed by atoms with Crippen LogP contribution in [0.4, 0.5) is 0 Å². The molecule has 0 atom stereocenters. The van der Waals surface area contributed by atoms with Gasteiger partial charge in [-0.3, -0.25) is 0 Å². The topological polar surface area (TPSA) is 60.4 Å². The minimum absolute atomic E-state index is 0. The van der Waals surface area contributed by atoms with Crippen LogP contribution in [0.5, 0.6) is 0 Å². The summed E-state index contributed by atoms with van der Waals surface area (Å²) >= 11 is 0. The second-order valence-corrected chi connectivity index (χ2v) is 2.64. The molecule has 0 bridgehead atoms. The van der Waals surface area contributed by atoms with Gasteiger partial charge in [-0.05, 0) is 6.42 Å². The molecule has 0 aliphatic carbocycles. The van der Waals surface area contributed by atoms with Gasteiger partial charge in [0.15, 0.2) is 0 Å². The molecule has 0 saturated carbocycles. The van der Waals surface area contributed by atoms with Gasteiger partial charge in [-0.15, -0.1) is 0 Å². The van der Waals surface area contributed by atoms with Crippen LogP contribution in [-0.4, -0.2) is 17.7 Å². The first kappa shape index (κ1) is 13.1. The van der Waals surface area contributed by atoms with Gasteiger partial charge < -0.3 is 15.0 Å². The van der Waals surface area contributed by atoms with Crippen molar-refractivity contribution in [3.8, 4) is 0 Å². The van der Waals surface area contributed by atoms with Crippen LogP contribution in [0.25, 0.3) is 0 Å². The Hall–Kier alpha value is 0.430. The van der Waals surface area contributed by atoms with Crippen molar-refractivity contribution in [2.45, 2.75) is 20.3 Å². The molecule has 0 aromatic heterocycles. The number of rotatable bonds is 3. The molecule has 4 heteroatoms. The van der Waals surface area contributed by atoms with Gasteiger partial charge in [-0.2, -0.15) is 0 Å². The minimum Gasteiger partial charge on any atom is -0.550 e. The summed E-state index contributed by atoms with van der Waals surface area (Å²) in [6.45, 7) is 2.94. The maximum atomic E-state index is 10.2. The number of carbonyl (C=O) groups excluding carboxylic acids is 1. The second-order valence-electron chi connectivity index (χ2n) is 2.64. The number of aliphatic hydroxyl groups is 1. The number of hydrogen-bond acceptors (Lipinski definition) is 3. The average Bonchev–Trinajstić information content (AvgIpc) is 1.65. The number of hydrogen-bond donors (Lipinski definition) is 1. The summed E-state index contributed by atoms with van der Waals surface area (Å²) in [5.74, 6) is -1.11. The molecule has 0 fully saturated rings. The Morgan fingerprint density at radius 1 is 1.60 bits per heavy atom. The molecule has 3 nitrogen and oxygen atoms in total. The van der Waals surface area contributed by atoms with Crippen molar-refractivity contribution in [2.75, 3.05) is 6.61 Å². The summed E-state index contributed by atoms with van der Waals surface area (Å²) in [5.41, 5.74) is -0.894. The fourth-order valence-electron chi connectivity index (χ4n) is 0.382. The van der Waals surface area contributed by atoms with Gasteiger partial charge in [-0.25, -0.2) is 0 Å². The zero-order chi connectivity index (χ0) is 7.49. The molecule has 0 aromatic rings. The predicted molar refractivity (Wildman–Crippen MR) is 30.5 cm³/mol. The molecule has 0 amide bonds. The van der Waals surface area contributed by atoms with E-state index in [2.05, 4.69) is 0 Å². The third-order valence-corrected chi connectivity index (χ3v) is 1.29. The quantitative estimate of drug-likeness (QED) is 0.423. The summed E-state index contributed by atoms with van der Waals surface area (Å²) in [4.78, 5) is 10.2. The van der Waals surface area contributed by atoms with Crippen molar-refractivity contribution in [2.24, 2.45) is 5.41 Å². The maximum Gasteiger partial charge on any atom is 1.00 e. The van der Waals surface area contributed by atoms with Crippen LogP contribution in [0.1, 0.15) is 20.3 Å². The molecule has 0 unspecified atom stereocenters. The van der Waals surface area contributed by atoms with Gasteiger partial charge in [0, 0.05) is 18.0 Å². The third-order valence-electron chi connectivity index (χ3n) is 1.29. The van der Waals surface area contributed by atoms with E-state index in [9.17, 15) is 9.90 Å². The fourth-order valence-corrected chi connectivity index (χ4v) is 0.382. The molecule has 0 aromatic carbocycles. The van der Waals surface area contributed by atoms with Crippen LogP contribution in [0.2, 0.25) is 0 Å². The van der Waals surface area contributed by atoms with Crippen molar-refractivity contribution < 1.29 is 44.6 Å². The van der Waals surface area contributed by atoms with Crippen LogP contribution in [-0.2, 0) is 4.79 Å². The summed E-state index contributed by atoms with van der Waals surface area (Å²) in [7, 11) is 0. The van der Waals surface area contributed by atoms with E-state index >= 15 is 0 Å². The number of carboxylic acid groups (broad SMARTS) is 1. The van der Waals surface area contributed by atoms with Crippen LogP contribution in [0, 0.1) is 5.41 Å². The van der Waals surface area contributed by atoms with E-state index in [0.29, 0.717) is 0 Å². The van der Waals surface area contributed by atoms with E-state index in [-0.39, 0.29) is 42.6 Å². The number of carbonyl (C=O) groups is 1. The number of aliphatic carboxylic acids is 1. The normalized spacial score (nSPS) is 10.3. The van der Waals surface area contributed by atoms with Crippen LogP contribution in [0.3, 0.4) is 0 Å². The molecule has 0 saturated heterocycles. The van der Waals surface area contributed by atoms with E-state index in [1.54, 1.807) is 0 Å². The minimum atomic E-state index is -1.11. The van der Waals surface area contributed by atoms with Crippen molar-refractivity contribution in [1.82, 2.24) is 0 Å². The predicted octanol–water partition coefficient (Wildman–Crippen LogP) is -3.85. The molecule has 0 aliphatic rings. The van der Waals surface area contributed by atoms with E-state index in [0.717, 1.165) is 0 Å². The largest absolute Gasteiger partial charge is 1.00 e. The van der Waals surface area contributed by atoms with E-state index < -0.39 is 11.4 Å². The number of carboxylic acids is 1. The smallest absolute Gasteiger partial charge is 0.550 e. The number of aliphatic hydroxyl groups excluding tert-OH is 1. The second kappa shape index (κ2) is 5.13. The maximum absolute atomic E-state index is 10.2. The molecule has 0 radical (unpaired) electrons.